The van der Waals surface area contributed by atoms with Crippen LogP contribution in [0.15, 0.2) is 24.4 Å². The lowest BCUT2D eigenvalue weighted by Gasteiger charge is -2.05. The number of carbonyl (C=O) groups excluding carboxylic acids is 1. The summed E-state index contributed by atoms with van der Waals surface area (Å²) in [5, 5.41) is 11.4. The van der Waals surface area contributed by atoms with Crippen LogP contribution >= 0.6 is 0 Å². The molecule has 4 nitrogen and oxygen atoms in total. The van der Waals surface area contributed by atoms with Crippen LogP contribution in [0.25, 0.3) is 10.9 Å². The van der Waals surface area contributed by atoms with Crippen molar-refractivity contribution in [3.05, 3.63) is 41.6 Å². The van der Waals surface area contributed by atoms with Crippen LogP contribution in [0.3, 0.4) is 0 Å². The van der Waals surface area contributed by atoms with Gasteiger partial charge in [-0.2, -0.15) is 0 Å². The van der Waals surface area contributed by atoms with Gasteiger partial charge in [0.1, 0.15) is 5.52 Å². The molecule has 6 heteroatoms. The standard InChI is InChI=1S/C12H10F2N2O2/c13-9-2-1-7-5-8(12(18)15-3-4-17)6-16-11(7)10(9)14/h1-2,5-6,17H,3-4H2,(H,15,18). The predicted molar refractivity (Wildman–Crippen MR) is 61.1 cm³/mol. The summed E-state index contributed by atoms with van der Waals surface area (Å²) in [6.07, 6.45) is 1.16. The summed E-state index contributed by atoms with van der Waals surface area (Å²) >= 11 is 0. The molecule has 0 aliphatic carbocycles. The molecular weight excluding hydrogens is 242 g/mol. The second kappa shape index (κ2) is 5.05. The molecule has 0 bridgehead atoms. The molecule has 2 N–H and O–H groups in total. The first-order valence-corrected chi connectivity index (χ1v) is 5.26. The molecule has 18 heavy (non-hydrogen) atoms. The van der Waals surface area contributed by atoms with Crippen LogP contribution in [-0.2, 0) is 0 Å². The minimum absolute atomic E-state index is 0.117. The number of carbonyl (C=O) groups is 1. The summed E-state index contributed by atoms with van der Waals surface area (Å²) < 4.78 is 26.3. The van der Waals surface area contributed by atoms with E-state index in [0.29, 0.717) is 5.39 Å². The zero-order valence-corrected chi connectivity index (χ0v) is 9.28. The van der Waals surface area contributed by atoms with Gasteiger partial charge in [-0.05, 0) is 18.2 Å². The molecule has 0 saturated heterocycles. The zero-order chi connectivity index (χ0) is 13.1. The number of amides is 1. The lowest BCUT2D eigenvalue weighted by atomic mass is 10.1. The second-order valence-electron chi connectivity index (χ2n) is 3.64. The lowest BCUT2D eigenvalue weighted by Crippen LogP contribution is -2.26. The van der Waals surface area contributed by atoms with Crippen molar-refractivity contribution in [3.8, 4) is 0 Å². The quantitative estimate of drug-likeness (QED) is 0.863. The fourth-order valence-corrected chi connectivity index (χ4v) is 1.54. The Kier molecular flexibility index (Phi) is 3.47. The van der Waals surface area contributed by atoms with E-state index in [9.17, 15) is 13.6 Å². The van der Waals surface area contributed by atoms with Gasteiger partial charge in [0.2, 0.25) is 0 Å². The highest BCUT2D eigenvalue weighted by atomic mass is 19.2. The van der Waals surface area contributed by atoms with Crippen LogP contribution in [0.2, 0.25) is 0 Å². The van der Waals surface area contributed by atoms with E-state index >= 15 is 0 Å². The number of hydrogen-bond acceptors (Lipinski definition) is 3. The molecule has 2 aromatic rings. The van der Waals surface area contributed by atoms with Crippen molar-refractivity contribution in [1.82, 2.24) is 10.3 Å². The monoisotopic (exact) mass is 252 g/mol. The molecule has 1 aromatic carbocycles. The van der Waals surface area contributed by atoms with Crippen molar-refractivity contribution in [2.45, 2.75) is 0 Å². The Morgan fingerprint density at radius 1 is 1.39 bits per heavy atom. The van der Waals surface area contributed by atoms with Gasteiger partial charge < -0.3 is 10.4 Å². The summed E-state index contributed by atoms with van der Waals surface area (Å²) in [5.74, 6) is -2.44. The molecule has 1 heterocycles. The van der Waals surface area contributed by atoms with E-state index in [1.807, 2.05) is 0 Å². The average Bonchev–Trinajstić information content (AvgIpc) is 2.40. The Labute approximate surface area is 101 Å². The van der Waals surface area contributed by atoms with Gasteiger partial charge in [-0.25, -0.2) is 8.78 Å². The Balaban J connectivity index is 2.39. The number of aliphatic hydroxyl groups is 1. The van der Waals surface area contributed by atoms with Crippen molar-refractivity contribution in [1.29, 1.82) is 0 Å². The fourth-order valence-electron chi connectivity index (χ4n) is 1.54. The highest BCUT2D eigenvalue weighted by molar-refractivity contribution is 5.97. The number of aliphatic hydroxyl groups excluding tert-OH is 1. The van der Waals surface area contributed by atoms with Crippen LogP contribution < -0.4 is 5.32 Å². The molecule has 0 saturated carbocycles. The SMILES string of the molecule is O=C(NCCO)c1cnc2c(F)c(F)ccc2c1. The summed E-state index contributed by atoms with van der Waals surface area (Å²) in [7, 11) is 0. The number of benzene rings is 1. The molecule has 1 aromatic heterocycles. The minimum atomic E-state index is -1.03. The number of hydrogen-bond donors (Lipinski definition) is 2. The van der Waals surface area contributed by atoms with E-state index in [1.54, 1.807) is 0 Å². The van der Waals surface area contributed by atoms with Gasteiger partial charge in [0, 0.05) is 18.1 Å². The van der Waals surface area contributed by atoms with Crippen LogP contribution in [-0.4, -0.2) is 29.1 Å². The first-order valence-electron chi connectivity index (χ1n) is 5.26. The molecular formula is C12H10F2N2O2. The second-order valence-corrected chi connectivity index (χ2v) is 3.64. The average molecular weight is 252 g/mol. The van der Waals surface area contributed by atoms with Crippen molar-refractivity contribution < 1.29 is 18.7 Å². The van der Waals surface area contributed by atoms with Gasteiger partial charge in [-0.3, -0.25) is 9.78 Å². The van der Waals surface area contributed by atoms with Crippen LogP contribution in [0, 0.1) is 11.6 Å². The minimum Gasteiger partial charge on any atom is -0.395 e. The summed E-state index contributed by atoms with van der Waals surface area (Å²) in [6.45, 7) is -0.0543. The lowest BCUT2D eigenvalue weighted by molar-refractivity contribution is 0.0944. The van der Waals surface area contributed by atoms with E-state index in [0.717, 1.165) is 12.3 Å². The van der Waals surface area contributed by atoms with Gasteiger partial charge in [-0.15, -0.1) is 0 Å². The predicted octanol–water partition coefficient (Wildman–Crippen LogP) is 1.24. The van der Waals surface area contributed by atoms with Gasteiger partial charge >= 0.3 is 0 Å². The van der Waals surface area contributed by atoms with Crippen LogP contribution in [0.4, 0.5) is 8.78 Å². The fraction of sp³-hybridized carbons (Fsp3) is 0.167. The molecule has 0 fully saturated rings. The Bertz CT molecular complexity index is 602. The molecule has 0 aliphatic rings. The number of nitrogens with zero attached hydrogens (tertiary/aromatic N) is 1. The first-order chi connectivity index (χ1) is 8.63. The molecule has 0 spiro atoms. The van der Waals surface area contributed by atoms with E-state index < -0.39 is 17.5 Å². The van der Waals surface area contributed by atoms with Gasteiger partial charge in [-0.1, -0.05) is 0 Å². The summed E-state index contributed by atoms with van der Waals surface area (Å²) in [6, 6.07) is 3.75. The van der Waals surface area contributed by atoms with E-state index in [2.05, 4.69) is 10.3 Å². The number of aromatic nitrogens is 1. The van der Waals surface area contributed by atoms with Crippen LogP contribution in [0.1, 0.15) is 10.4 Å². The van der Waals surface area contributed by atoms with E-state index in [4.69, 9.17) is 5.11 Å². The third-order valence-electron chi connectivity index (χ3n) is 2.40. The van der Waals surface area contributed by atoms with Gasteiger partial charge in [0.25, 0.3) is 5.91 Å². The molecule has 0 aliphatic heterocycles. The highest BCUT2D eigenvalue weighted by Crippen LogP contribution is 2.19. The van der Waals surface area contributed by atoms with Crippen molar-refractivity contribution in [2.24, 2.45) is 0 Å². The first kappa shape index (κ1) is 12.4. The molecule has 2 rings (SSSR count). The Morgan fingerprint density at radius 3 is 2.89 bits per heavy atom. The summed E-state index contributed by atoms with van der Waals surface area (Å²) in [4.78, 5) is 15.3. The summed E-state index contributed by atoms with van der Waals surface area (Å²) in [5.41, 5.74) is 0.107. The topological polar surface area (TPSA) is 62.2 Å². The van der Waals surface area contributed by atoms with Crippen molar-refractivity contribution in [2.75, 3.05) is 13.2 Å². The third-order valence-corrected chi connectivity index (χ3v) is 2.40. The number of fused-ring (bicyclic) bond motifs is 1. The molecule has 0 unspecified atom stereocenters. The normalized spacial score (nSPS) is 10.6. The molecule has 0 radical (unpaired) electrons. The van der Waals surface area contributed by atoms with Gasteiger partial charge in [0.05, 0.1) is 12.2 Å². The number of pyridine rings is 1. The zero-order valence-electron chi connectivity index (χ0n) is 9.28. The number of rotatable bonds is 3. The number of halogens is 2. The Morgan fingerprint density at radius 2 is 2.17 bits per heavy atom. The maximum absolute atomic E-state index is 13.4. The maximum atomic E-state index is 13.4. The maximum Gasteiger partial charge on any atom is 0.252 e. The molecule has 94 valence electrons. The van der Waals surface area contributed by atoms with Crippen molar-refractivity contribution >= 4 is 16.8 Å². The van der Waals surface area contributed by atoms with E-state index in [-0.39, 0.29) is 24.2 Å². The molecule has 1 amide bonds. The van der Waals surface area contributed by atoms with Crippen LogP contribution in [0.5, 0.6) is 0 Å². The highest BCUT2D eigenvalue weighted by Gasteiger charge is 2.11. The van der Waals surface area contributed by atoms with Gasteiger partial charge in [0.15, 0.2) is 11.6 Å². The molecule has 0 atom stereocenters. The Hall–Kier alpha value is -2.08. The number of nitrogens with one attached hydrogen (secondary N) is 1. The smallest absolute Gasteiger partial charge is 0.252 e. The third kappa shape index (κ3) is 2.28. The largest absolute Gasteiger partial charge is 0.395 e. The van der Waals surface area contributed by atoms with E-state index in [1.165, 1.54) is 12.1 Å². The van der Waals surface area contributed by atoms with Crippen molar-refractivity contribution in [3.63, 3.8) is 0 Å².